The van der Waals surface area contributed by atoms with Gasteiger partial charge in [0, 0.05) is 43.1 Å². The summed E-state index contributed by atoms with van der Waals surface area (Å²) in [7, 11) is 0. The molecule has 1 aliphatic rings. The first-order valence-corrected chi connectivity index (χ1v) is 9.33. The van der Waals surface area contributed by atoms with E-state index in [0.29, 0.717) is 12.6 Å². The van der Waals surface area contributed by atoms with Crippen LogP contribution in [0.1, 0.15) is 21.7 Å². The van der Waals surface area contributed by atoms with Gasteiger partial charge in [0.05, 0.1) is 29.2 Å². The number of aryl methyl sites for hydroxylation is 1. The van der Waals surface area contributed by atoms with E-state index in [9.17, 15) is 0 Å². The molecule has 4 heterocycles. The van der Waals surface area contributed by atoms with E-state index >= 15 is 0 Å². The summed E-state index contributed by atoms with van der Waals surface area (Å²) in [5.74, 6) is 0.557. The third kappa shape index (κ3) is 4.21. The number of thiazole rings is 1. The monoisotopic (exact) mass is 368 g/mol. The van der Waals surface area contributed by atoms with Crippen molar-refractivity contribution in [3.63, 3.8) is 0 Å². The topological polar surface area (TPSA) is 76.1 Å². The van der Waals surface area contributed by atoms with Crippen LogP contribution >= 0.6 is 11.3 Å². The molecule has 1 saturated heterocycles. The first kappa shape index (κ1) is 17.0. The van der Waals surface area contributed by atoms with Gasteiger partial charge in [-0.3, -0.25) is 9.88 Å². The third-order valence-corrected chi connectivity index (χ3v) is 5.03. The lowest BCUT2D eigenvalue weighted by Crippen LogP contribution is -2.37. The standard InChI is InChI=1S/C18H20N6OS/c1-13-21-10-15(26-13)11-24-7-8-25-17(12-24)16-4-3-14(9-22-16)23-18-19-5-2-6-20-18/h2-6,9-10,17H,7-8,11-12H2,1H3,(H,19,20,23). The predicted octanol–water partition coefficient (Wildman–Crippen LogP) is 2.95. The van der Waals surface area contributed by atoms with Crippen molar-refractivity contribution in [1.82, 2.24) is 24.8 Å². The lowest BCUT2D eigenvalue weighted by Gasteiger charge is -2.32. The van der Waals surface area contributed by atoms with Crippen molar-refractivity contribution in [3.8, 4) is 0 Å². The maximum atomic E-state index is 5.93. The first-order chi connectivity index (χ1) is 12.8. The average Bonchev–Trinajstić information content (AvgIpc) is 3.08. The van der Waals surface area contributed by atoms with Crippen molar-refractivity contribution >= 4 is 23.0 Å². The van der Waals surface area contributed by atoms with Crippen LogP contribution in [-0.4, -0.2) is 44.5 Å². The summed E-state index contributed by atoms with van der Waals surface area (Å²) in [6.45, 7) is 5.42. The molecule has 0 radical (unpaired) electrons. The summed E-state index contributed by atoms with van der Waals surface area (Å²) < 4.78 is 5.93. The maximum Gasteiger partial charge on any atom is 0.227 e. The van der Waals surface area contributed by atoms with E-state index in [4.69, 9.17) is 4.74 Å². The molecule has 8 heteroatoms. The second kappa shape index (κ2) is 7.86. The number of hydrogen-bond acceptors (Lipinski definition) is 8. The van der Waals surface area contributed by atoms with Crippen molar-refractivity contribution in [2.24, 2.45) is 0 Å². The fraction of sp³-hybridized carbons (Fsp3) is 0.333. The Labute approximate surface area is 156 Å². The van der Waals surface area contributed by atoms with Gasteiger partial charge in [0.15, 0.2) is 0 Å². The van der Waals surface area contributed by atoms with Gasteiger partial charge in [0.25, 0.3) is 0 Å². The Morgan fingerprint density at radius 2 is 2.08 bits per heavy atom. The molecule has 1 atom stereocenters. The van der Waals surface area contributed by atoms with Gasteiger partial charge in [0.2, 0.25) is 5.95 Å². The summed E-state index contributed by atoms with van der Waals surface area (Å²) in [6, 6.07) is 5.76. The van der Waals surface area contributed by atoms with Gasteiger partial charge in [-0.15, -0.1) is 11.3 Å². The minimum absolute atomic E-state index is 0.0141. The molecule has 1 unspecified atom stereocenters. The molecule has 1 aliphatic heterocycles. The normalized spacial score (nSPS) is 18.0. The van der Waals surface area contributed by atoms with Crippen LogP contribution in [-0.2, 0) is 11.3 Å². The Balaban J connectivity index is 1.38. The number of ether oxygens (including phenoxy) is 1. The Bertz CT molecular complexity index is 838. The molecule has 4 rings (SSSR count). The Kier molecular flexibility index (Phi) is 5.14. The van der Waals surface area contributed by atoms with Crippen molar-refractivity contribution in [3.05, 3.63) is 58.6 Å². The fourth-order valence-electron chi connectivity index (χ4n) is 2.89. The van der Waals surface area contributed by atoms with Crippen LogP contribution in [0.4, 0.5) is 11.6 Å². The van der Waals surface area contributed by atoms with Crippen molar-refractivity contribution in [1.29, 1.82) is 0 Å². The number of pyridine rings is 1. The molecular weight excluding hydrogens is 348 g/mol. The van der Waals surface area contributed by atoms with Crippen LogP contribution in [0.3, 0.4) is 0 Å². The van der Waals surface area contributed by atoms with E-state index in [1.807, 2.05) is 25.3 Å². The summed E-state index contributed by atoms with van der Waals surface area (Å²) >= 11 is 1.75. The summed E-state index contributed by atoms with van der Waals surface area (Å²) in [6.07, 6.45) is 7.15. The molecule has 0 aliphatic carbocycles. The molecule has 1 N–H and O–H groups in total. The van der Waals surface area contributed by atoms with Crippen LogP contribution in [0.2, 0.25) is 0 Å². The molecule has 0 amide bonds. The quantitative estimate of drug-likeness (QED) is 0.742. The van der Waals surface area contributed by atoms with Gasteiger partial charge in [-0.1, -0.05) is 0 Å². The zero-order chi connectivity index (χ0) is 17.8. The minimum Gasteiger partial charge on any atom is -0.369 e. The van der Waals surface area contributed by atoms with Crippen LogP contribution in [0.15, 0.2) is 43.0 Å². The zero-order valence-electron chi connectivity index (χ0n) is 14.5. The first-order valence-electron chi connectivity index (χ1n) is 8.51. The summed E-state index contributed by atoms with van der Waals surface area (Å²) in [5.41, 5.74) is 1.79. The predicted molar refractivity (Wildman–Crippen MR) is 100 cm³/mol. The highest BCUT2D eigenvalue weighted by atomic mass is 32.1. The van der Waals surface area contributed by atoms with Crippen LogP contribution in [0.5, 0.6) is 0 Å². The van der Waals surface area contributed by atoms with Gasteiger partial charge in [-0.2, -0.15) is 0 Å². The van der Waals surface area contributed by atoms with Gasteiger partial charge < -0.3 is 10.1 Å². The third-order valence-electron chi connectivity index (χ3n) is 4.14. The Morgan fingerprint density at radius 1 is 1.19 bits per heavy atom. The van der Waals surface area contributed by atoms with Gasteiger partial charge in [0.1, 0.15) is 6.10 Å². The van der Waals surface area contributed by atoms with Crippen LogP contribution in [0.25, 0.3) is 0 Å². The number of rotatable bonds is 5. The summed E-state index contributed by atoms with van der Waals surface area (Å²) in [4.78, 5) is 20.9. The SMILES string of the molecule is Cc1ncc(CN2CCOC(c3ccc(Nc4ncccn4)cn3)C2)s1. The number of anilines is 2. The summed E-state index contributed by atoms with van der Waals surface area (Å²) in [5, 5.41) is 4.24. The molecule has 0 spiro atoms. The number of aromatic nitrogens is 4. The lowest BCUT2D eigenvalue weighted by molar-refractivity contribution is -0.0346. The number of nitrogens with one attached hydrogen (secondary N) is 1. The van der Waals surface area contributed by atoms with Crippen LogP contribution in [0, 0.1) is 6.92 Å². The second-order valence-corrected chi connectivity index (χ2v) is 7.43. The molecule has 7 nitrogen and oxygen atoms in total. The van der Waals surface area contributed by atoms with E-state index in [1.54, 1.807) is 36.0 Å². The van der Waals surface area contributed by atoms with Crippen molar-refractivity contribution in [2.45, 2.75) is 19.6 Å². The molecule has 3 aromatic heterocycles. The maximum absolute atomic E-state index is 5.93. The highest BCUT2D eigenvalue weighted by molar-refractivity contribution is 7.11. The molecular formula is C18H20N6OS. The molecule has 0 bridgehead atoms. The van der Waals surface area contributed by atoms with Gasteiger partial charge in [-0.25, -0.2) is 15.0 Å². The van der Waals surface area contributed by atoms with Gasteiger partial charge >= 0.3 is 0 Å². The van der Waals surface area contributed by atoms with Crippen LogP contribution < -0.4 is 5.32 Å². The van der Waals surface area contributed by atoms with Crippen molar-refractivity contribution in [2.75, 3.05) is 25.0 Å². The zero-order valence-corrected chi connectivity index (χ0v) is 15.3. The number of morpholine rings is 1. The Hall–Kier alpha value is -2.42. The van der Waals surface area contributed by atoms with E-state index in [2.05, 4.69) is 30.2 Å². The van der Waals surface area contributed by atoms with Gasteiger partial charge in [-0.05, 0) is 25.1 Å². The minimum atomic E-state index is -0.0141. The van der Waals surface area contributed by atoms with E-state index < -0.39 is 0 Å². The van der Waals surface area contributed by atoms with E-state index in [1.165, 1.54) is 4.88 Å². The highest BCUT2D eigenvalue weighted by Gasteiger charge is 2.23. The Morgan fingerprint density at radius 3 is 2.81 bits per heavy atom. The smallest absolute Gasteiger partial charge is 0.227 e. The molecule has 134 valence electrons. The van der Waals surface area contributed by atoms with E-state index in [-0.39, 0.29) is 6.10 Å². The largest absolute Gasteiger partial charge is 0.369 e. The van der Waals surface area contributed by atoms with Crippen molar-refractivity contribution < 1.29 is 4.74 Å². The highest BCUT2D eigenvalue weighted by Crippen LogP contribution is 2.24. The molecule has 26 heavy (non-hydrogen) atoms. The number of nitrogens with zero attached hydrogens (tertiary/aromatic N) is 5. The molecule has 3 aromatic rings. The molecule has 0 aromatic carbocycles. The molecule has 0 saturated carbocycles. The second-order valence-electron chi connectivity index (χ2n) is 6.11. The fourth-order valence-corrected chi connectivity index (χ4v) is 3.72. The lowest BCUT2D eigenvalue weighted by atomic mass is 10.2. The molecule has 1 fully saturated rings. The number of hydrogen-bond donors (Lipinski definition) is 1. The average molecular weight is 368 g/mol. The van der Waals surface area contributed by atoms with E-state index in [0.717, 1.165) is 36.0 Å².